The molecule has 0 aromatic carbocycles. The number of hydrogen-bond acceptors (Lipinski definition) is 1. The molecule has 0 bridgehead atoms. The van der Waals surface area contributed by atoms with E-state index in [0.29, 0.717) is 17.9 Å². The molecule has 0 heterocycles. The highest BCUT2D eigenvalue weighted by Crippen LogP contribution is 2.65. The number of nitrogens with one attached hydrogen (secondary N) is 1. The number of carbonyl (C=O) groups is 1. The molecule has 2 aliphatic rings. The Morgan fingerprint density at radius 2 is 2.42 bits per heavy atom. The van der Waals surface area contributed by atoms with Gasteiger partial charge in [0.1, 0.15) is 0 Å². The number of rotatable bonds is 3. The second-order valence-electron chi connectivity index (χ2n) is 4.01. The maximum absolute atomic E-state index is 11.4. The largest absolute Gasteiger partial charge is 0.352 e. The minimum absolute atomic E-state index is 0.245. The summed E-state index contributed by atoms with van der Waals surface area (Å²) in [5.74, 6) is 0.584. The molecule has 2 rings (SSSR count). The normalized spacial score (nSPS) is 29.2. The molecule has 2 aliphatic carbocycles. The third-order valence-corrected chi connectivity index (χ3v) is 3.28. The van der Waals surface area contributed by atoms with Crippen molar-refractivity contribution in [2.75, 3.05) is 6.54 Å². The van der Waals surface area contributed by atoms with Crippen LogP contribution in [0.25, 0.3) is 0 Å². The summed E-state index contributed by atoms with van der Waals surface area (Å²) in [6, 6.07) is 0. The maximum Gasteiger partial charge on any atom is 0.223 e. The number of hydrogen-bond donors (Lipinski definition) is 1. The van der Waals surface area contributed by atoms with E-state index in [1.807, 2.05) is 0 Å². The SMILES string of the molecule is C=CCNC(=O)C1CC12CCC2. The van der Waals surface area contributed by atoms with E-state index in [1.54, 1.807) is 6.08 Å². The molecule has 0 aliphatic heterocycles. The van der Waals surface area contributed by atoms with Crippen LogP contribution in [-0.2, 0) is 4.79 Å². The molecule has 0 aromatic heterocycles. The van der Waals surface area contributed by atoms with Crippen molar-refractivity contribution >= 4 is 5.91 Å². The first-order valence-electron chi connectivity index (χ1n) is 4.67. The van der Waals surface area contributed by atoms with Crippen LogP contribution in [0.2, 0.25) is 0 Å². The Morgan fingerprint density at radius 3 is 2.83 bits per heavy atom. The first-order chi connectivity index (χ1) is 5.78. The lowest BCUT2D eigenvalue weighted by Crippen LogP contribution is -2.29. The van der Waals surface area contributed by atoms with Crippen LogP contribution < -0.4 is 5.32 Å². The summed E-state index contributed by atoms with van der Waals surface area (Å²) in [6.45, 7) is 4.18. The van der Waals surface area contributed by atoms with Crippen LogP contribution in [0.3, 0.4) is 0 Å². The molecule has 0 aromatic rings. The van der Waals surface area contributed by atoms with Gasteiger partial charge in [0.15, 0.2) is 0 Å². The van der Waals surface area contributed by atoms with Gasteiger partial charge in [0.05, 0.1) is 0 Å². The molecule has 1 N–H and O–H groups in total. The lowest BCUT2D eigenvalue weighted by atomic mass is 9.80. The van der Waals surface area contributed by atoms with Crippen LogP contribution in [0, 0.1) is 11.3 Å². The Labute approximate surface area is 73.0 Å². The molecule has 0 radical (unpaired) electrons. The van der Waals surface area contributed by atoms with Gasteiger partial charge < -0.3 is 5.32 Å². The van der Waals surface area contributed by atoms with E-state index in [0.717, 1.165) is 6.42 Å². The zero-order chi connectivity index (χ0) is 8.60. The van der Waals surface area contributed by atoms with E-state index >= 15 is 0 Å². The van der Waals surface area contributed by atoms with Crippen LogP contribution in [0.15, 0.2) is 12.7 Å². The van der Waals surface area contributed by atoms with E-state index in [-0.39, 0.29) is 5.91 Å². The van der Waals surface area contributed by atoms with E-state index in [2.05, 4.69) is 11.9 Å². The standard InChI is InChI=1S/C10H15NO/c1-2-6-11-9(12)8-7-10(8)4-3-5-10/h2,8H,1,3-7H2,(H,11,12). The van der Waals surface area contributed by atoms with Crippen molar-refractivity contribution in [1.82, 2.24) is 5.32 Å². The minimum atomic E-state index is 0.245. The third kappa shape index (κ3) is 1.06. The van der Waals surface area contributed by atoms with Gasteiger partial charge in [-0.1, -0.05) is 12.5 Å². The average molecular weight is 165 g/mol. The summed E-state index contributed by atoms with van der Waals surface area (Å²) < 4.78 is 0. The summed E-state index contributed by atoms with van der Waals surface area (Å²) in [5, 5.41) is 2.86. The Kier molecular flexibility index (Phi) is 1.71. The first-order valence-corrected chi connectivity index (χ1v) is 4.67. The molecule has 2 heteroatoms. The van der Waals surface area contributed by atoms with E-state index in [1.165, 1.54) is 19.3 Å². The Balaban J connectivity index is 1.79. The van der Waals surface area contributed by atoms with Gasteiger partial charge in [0.25, 0.3) is 0 Å². The zero-order valence-corrected chi connectivity index (χ0v) is 7.31. The summed E-state index contributed by atoms with van der Waals surface area (Å²) >= 11 is 0. The molecule has 1 amide bonds. The van der Waals surface area contributed by atoms with Gasteiger partial charge >= 0.3 is 0 Å². The van der Waals surface area contributed by atoms with Crippen LogP contribution in [0.1, 0.15) is 25.7 Å². The number of carbonyl (C=O) groups excluding carboxylic acids is 1. The molecule has 2 nitrogen and oxygen atoms in total. The molecule has 1 spiro atoms. The van der Waals surface area contributed by atoms with Crippen molar-refractivity contribution in [2.24, 2.45) is 11.3 Å². The fourth-order valence-corrected chi connectivity index (χ4v) is 2.20. The quantitative estimate of drug-likeness (QED) is 0.630. The van der Waals surface area contributed by atoms with Crippen molar-refractivity contribution in [3.05, 3.63) is 12.7 Å². The summed E-state index contributed by atoms with van der Waals surface area (Å²) in [4.78, 5) is 11.4. The van der Waals surface area contributed by atoms with E-state index in [9.17, 15) is 4.79 Å². The molecule has 2 saturated carbocycles. The predicted molar refractivity (Wildman–Crippen MR) is 47.6 cm³/mol. The highest BCUT2D eigenvalue weighted by molar-refractivity contribution is 5.82. The van der Waals surface area contributed by atoms with Crippen molar-refractivity contribution < 1.29 is 4.79 Å². The van der Waals surface area contributed by atoms with Gasteiger partial charge in [-0.15, -0.1) is 6.58 Å². The van der Waals surface area contributed by atoms with Crippen molar-refractivity contribution in [3.63, 3.8) is 0 Å². The van der Waals surface area contributed by atoms with Gasteiger partial charge in [-0.2, -0.15) is 0 Å². The Morgan fingerprint density at radius 1 is 1.67 bits per heavy atom. The lowest BCUT2D eigenvalue weighted by molar-refractivity contribution is -0.123. The van der Waals surface area contributed by atoms with E-state index < -0.39 is 0 Å². The fourth-order valence-electron chi connectivity index (χ4n) is 2.20. The Bertz CT molecular complexity index is 218. The van der Waals surface area contributed by atoms with Gasteiger partial charge in [-0.3, -0.25) is 4.79 Å². The molecule has 12 heavy (non-hydrogen) atoms. The summed E-state index contributed by atoms with van der Waals surface area (Å²) in [7, 11) is 0. The smallest absolute Gasteiger partial charge is 0.223 e. The number of amides is 1. The first kappa shape index (κ1) is 7.84. The predicted octanol–water partition coefficient (Wildman–Crippen LogP) is 1.48. The minimum Gasteiger partial charge on any atom is -0.352 e. The maximum atomic E-state index is 11.4. The van der Waals surface area contributed by atoms with Crippen molar-refractivity contribution in [1.29, 1.82) is 0 Å². The summed E-state index contributed by atoms with van der Waals surface area (Å²) in [5.41, 5.74) is 0.464. The third-order valence-electron chi connectivity index (χ3n) is 3.28. The lowest BCUT2D eigenvalue weighted by Gasteiger charge is -2.26. The van der Waals surface area contributed by atoms with Crippen molar-refractivity contribution in [2.45, 2.75) is 25.7 Å². The van der Waals surface area contributed by atoms with Gasteiger partial charge in [-0.05, 0) is 24.7 Å². The second-order valence-corrected chi connectivity index (χ2v) is 4.01. The monoisotopic (exact) mass is 165 g/mol. The van der Waals surface area contributed by atoms with Gasteiger partial charge in [0, 0.05) is 12.5 Å². The zero-order valence-electron chi connectivity index (χ0n) is 7.31. The molecule has 1 atom stereocenters. The molecule has 1 unspecified atom stereocenters. The van der Waals surface area contributed by atoms with Crippen molar-refractivity contribution in [3.8, 4) is 0 Å². The molecule has 2 fully saturated rings. The van der Waals surface area contributed by atoms with Gasteiger partial charge in [0.2, 0.25) is 5.91 Å². The fraction of sp³-hybridized carbons (Fsp3) is 0.700. The van der Waals surface area contributed by atoms with Crippen LogP contribution in [0.5, 0.6) is 0 Å². The van der Waals surface area contributed by atoms with Crippen LogP contribution >= 0.6 is 0 Å². The van der Waals surface area contributed by atoms with Crippen LogP contribution in [-0.4, -0.2) is 12.5 Å². The highest BCUT2D eigenvalue weighted by Gasteiger charge is 2.60. The summed E-state index contributed by atoms with van der Waals surface area (Å²) in [6.07, 6.45) is 6.74. The highest BCUT2D eigenvalue weighted by atomic mass is 16.2. The van der Waals surface area contributed by atoms with E-state index in [4.69, 9.17) is 0 Å². The topological polar surface area (TPSA) is 29.1 Å². The molecule has 66 valence electrons. The molecular weight excluding hydrogens is 150 g/mol. The molecule has 0 saturated heterocycles. The molecular formula is C10H15NO. The second kappa shape index (κ2) is 2.61. The average Bonchev–Trinajstić information content (AvgIpc) is 2.73. The Hall–Kier alpha value is -0.790. The van der Waals surface area contributed by atoms with Gasteiger partial charge in [-0.25, -0.2) is 0 Å². The van der Waals surface area contributed by atoms with Crippen LogP contribution in [0.4, 0.5) is 0 Å².